The molecule has 1 saturated heterocycles. The standard InChI is InChI=1S/C25H43BrN2/c1-23(2)20-8-7-17-18-6-5-10-24(18,3)11-9-19(17)25(20,4)22(16-21(23)26)28-14-12-27-13-15-28/h17-22,27H,5-16H2,1-4H3/t17?,18?,19?,20?,21?,22?,24-,25+/m0/s1. The van der Waals surface area contributed by atoms with Crippen LogP contribution in [0.2, 0.25) is 0 Å². The fraction of sp³-hybridized carbons (Fsp3) is 1.00. The van der Waals surface area contributed by atoms with E-state index in [1.54, 1.807) is 0 Å². The molecule has 0 aromatic heterocycles. The molecule has 0 amide bonds. The quantitative estimate of drug-likeness (QED) is 0.515. The van der Waals surface area contributed by atoms with Crippen LogP contribution in [0, 0.1) is 39.9 Å². The van der Waals surface area contributed by atoms with Crippen LogP contribution in [0.5, 0.6) is 0 Å². The lowest BCUT2D eigenvalue weighted by Crippen LogP contribution is -2.68. The maximum atomic E-state index is 4.20. The molecule has 28 heavy (non-hydrogen) atoms. The molecule has 4 saturated carbocycles. The average molecular weight is 452 g/mol. The van der Waals surface area contributed by atoms with Crippen LogP contribution in [0.3, 0.4) is 0 Å². The first-order valence-electron chi connectivity index (χ1n) is 12.4. The summed E-state index contributed by atoms with van der Waals surface area (Å²) in [6.45, 7) is 15.5. The lowest BCUT2D eigenvalue weighted by molar-refractivity contribution is -0.175. The number of hydrogen-bond acceptors (Lipinski definition) is 2. The Bertz CT molecular complexity index is 599. The number of rotatable bonds is 1. The lowest BCUT2D eigenvalue weighted by atomic mass is 9.40. The van der Waals surface area contributed by atoms with E-state index in [0.29, 0.717) is 21.1 Å². The molecule has 8 atom stereocenters. The summed E-state index contributed by atoms with van der Waals surface area (Å²) < 4.78 is 0. The predicted molar refractivity (Wildman–Crippen MR) is 122 cm³/mol. The van der Waals surface area contributed by atoms with Crippen LogP contribution in [-0.4, -0.2) is 41.9 Å². The molecule has 0 radical (unpaired) electrons. The van der Waals surface area contributed by atoms with E-state index >= 15 is 0 Å². The van der Waals surface area contributed by atoms with Gasteiger partial charge in [0.2, 0.25) is 0 Å². The van der Waals surface area contributed by atoms with Gasteiger partial charge in [-0.2, -0.15) is 0 Å². The number of halogens is 1. The molecule has 5 fully saturated rings. The molecule has 0 spiro atoms. The second kappa shape index (κ2) is 6.95. The maximum absolute atomic E-state index is 4.20. The second-order valence-corrected chi connectivity index (χ2v) is 13.4. The van der Waals surface area contributed by atoms with Crippen LogP contribution in [0.25, 0.3) is 0 Å². The third kappa shape index (κ3) is 2.77. The topological polar surface area (TPSA) is 15.3 Å². The largest absolute Gasteiger partial charge is 0.314 e. The van der Waals surface area contributed by atoms with Crippen LogP contribution >= 0.6 is 15.9 Å². The van der Waals surface area contributed by atoms with E-state index < -0.39 is 0 Å². The van der Waals surface area contributed by atoms with E-state index in [-0.39, 0.29) is 0 Å². The number of piperazine rings is 1. The summed E-state index contributed by atoms with van der Waals surface area (Å²) in [5.74, 6) is 3.86. The van der Waals surface area contributed by atoms with E-state index in [1.165, 1.54) is 77.5 Å². The molecule has 0 aromatic rings. The molecule has 0 bridgehead atoms. The Labute approximate surface area is 182 Å². The monoisotopic (exact) mass is 450 g/mol. The zero-order valence-corrected chi connectivity index (χ0v) is 20.4. The first kappa shape index (κ1) is 20.3. The van der Waals surface area contributed by atoms with Gasteiger partial charge in [-0.05, 0) is 84.9 Å². The van der Waals surface area contributed by atoms with Crippen molar-refractivity contribution in [2.75, 3.05) is 26.2 Å². The van der Waals surface area contributed by atoms with Gasteiger partial charge in [-0.15, -0.1) is 0 Å². The fourth-order valence-electron chi connectivity index (χ4n) is 9.55. The van der Waals surface area contributed by atoms with Crippen molar-refractivity contribution in [1.29, 1.82) is 0 Å². The Hall–Kier alpha value is 0.400. The second-order valence-electron chi connectivity index (χ2n) is 12.3. The first-order chi connectivity index (χ1) is 13.3. The highest BCUT2D eigenvalue weighted by atomic mass is 79.9. The number of hydrogen-bond donors (Lipinski definition) is 1. The normalized spacial score (nSPS) is 53.9. The molecule has 5 aliphatic rings. The van der Waals surface area contributed by atoms with Crippen LogP contribution in [0.4, 0.5) is 0 Å². The summed E-state index contributed by atoms with van der Waals surface area (Å²) in [7, 11) is 0. The predicted octanol–water partition coefficient (Wildman–Crippen LogP) is 5.70. The maximum Gasteiger partial charge on any atom is 0.0214 e. The van der Waals surface area contributed by atoms with Crippen molar-refractivity contribution in [3.63, 3.8) is 0 Å². The minimum absolute atomic E-state index is 0.417. The van der Waals surface area contributed by atoms with Gasteiger partial charge in [0.15, 0.2) is 0 Å². The SMILES string of the molecule is CC1(C)C(Br)CC(N2CCNCC2)[C@]2(C)C3CC[C@]4(C)CCCC4C3CCC12. The summed E-state index contributed by atoms with van der Waals surface area (Å²) in [6.07, 6.45) is 11.9. The van der Waals surface area contributed by atoms with Crippen LogP contribution in [0.15, 0.2) is 0 Å². The van der Waals surface area contributed by atoms with Crippen molar-refractivity contribution in [3.8, 4) is 0 Å². The van der Waals surface area contributed by atoms with Crippen molar-refractivity contribution in [2.45, 2.75) is 89.9 Å². The van der Waals surface area contributed by atoms with Crippen molar-refractivity contribution in [3.05, 3.63) is 0 Å². The molecule has 1 aliphatic heterocycles. The minimum atomic E-state index is 0.417. The molecular weight excluding hydrogens is 408 g/mol. The highest BCUT2D eigenvalue weighted by Crippen LogP contribution is 2.69. The number of alkyl halides is 1. The zero-order valence-electron chi connectivity index (χ0n) is 18.8. The first-order valence-corrected chi connectivity index (χ1v) is 13.3. The molecule has 160 valence electrons. The number of fused-ring (bicyclic) bond motifs is 5. The summed E-state index contributed by atoms with van der Waals surface area (Å²) in [6, 6.07) is 0.774. The third-order valence-electron chi connectivity index (χ3n) is 11.0. The van der Waals surface area contributed by atoms with E-state index in [4.69, 9.17) is 0 Å². The molecule has 1 heterocycles. The van der Waals surface area contributed by atoms with Gasteiger partial charge < -0.3 is 5.32 Å². The smallest absolute Gasteiger partial charge is 0.0214 e. The average Bonchev–Trinajstić information content (AvgIpc) is 3.07. The van der Waals surface area contributed by atoms with E-state index in [0.717, 1.165) is 29.7 Å². The van der Waals surface area contributed by atoms with Gasteiger partial charge in [0.05, 0.1) is 0 Å². The molecule has 5 rings (SSSR count). The van der Waals surface area contributed by atoms with Crippen molar-refractivity contribution in [1.82, 2.24) is 10.2 Å². The van der Waals surface area contributed by atoms with Gasteiger partial charge in [0.1, 0.15) is 0 Å². The molecular formula is C25H43BrN2. The number of nitrogens with one attached hydrogen (secondary N) is 1. The minimum Gasteiger partial charge on any atom is -0.314 e. The molecule has 4 aliphatic carbocycles. The van der Waals surface area contributed by atoms with E-state index in [2.05, 4.69) is 53.8 Å². The van der Waals surface area contributed by atoms with Gasteiger partial charge in [-0.1, -0.05) is 50.0 Å². The summed E-state index contributed by atoms with van der Waals surface area (Å²) >= 11 is 4.20. The zero-order chi connectivity index (χ0) is 19.7. The molecule has 6 unspecified atom stereocenters. The van der Waals surface area contributed by atoms with Crippen LogP contribution in [0.1, 0.15) is 79.1 Å². The Morgan fingerprint density at radius 2 is 1.64 bits per heavy atom. The lowest BCUT2D eigenvalue weighted by Gasteiger charge is -2.68. The van der Waals surface area contributed by atoms with Crippen LogP contribution < -0.4 is 5.32 Å². The molecule has 2 nitrogen and oxygen atoms in total. The Balaban J connectivity index is 1.53. The Morgan fingerprint density at radius 3 is 2.39 bits per heavy atom. The summed E-state index contributed by atoms with van der Waals surface area (Å²) in [4.78, 5) is 3.58. The Kier molecular flexibility index (Phi) is 5.05. The molecule has 1 N–H and O–H groups in total. The van der Waals surface area contributed by atoms with Gasteiger partial charge in [-0.25, -0.2) is 0 Å². The number of nitrogens with zero attached hydrogens (tertiary/aromatic N) is 1. The molecule has 0 aromatic carbocycles. The highest BCUT2D eigenvalue weighted by molar-refractivity contribution is 9.09. The molecule has 3 heteroatoms. The van der Waals surface area contributed by atoms with Gasteiger partial charge in [0.25, 0.3) is 0 Å². The van der Waals surface area contributed by atoms with E-state index in [9.17, 15) is 0 Å². The van der Waals surface area contributed by atoms with Crippen molar-refractivity contribution >= 4 is 15.9 Å². The fourth-order valence-corrected chi connectivity index (χ4v) is 10.2. The Morgan fingerprint density at radius 1 is 0.893 bits per heavy atom. The third-order valence-corrected chi connectivity index (χ3v) is 12.6. The van der Waals surface area contributed by atoms with Crippen LogP contribution in [-0.2, 0) is 0 Å². The van der Waals surface area contributed by atoms with Gasteiger partial charge >= 0.3 is 0 Å². The highest BCUT2D eigenvalue weighted by Gasteiger charge is 2.65. The van der Waals surface area contributed by atoms with Crippen molar-refractivity contribution < 1.29 is 0 Å². The van der Waals surface area contributed by atoms with Gasteiger partial charge in [-0.3, -0.25) is 4.90 Å². The summed E-state index contributed by atoms with van der Waals surface area (Å²) in [5.41, 5.74) is 1.59. The van der Waals surface area contributed by atoms with Crippen molar-refractivity contribution in [2.24, 2.45) is 39.9 Å². The summed E-state index contributed by atoms with van der Waals surface area (Å²) in [5, 5.41) is 3.60. The van der Waals surface area contributed by atoms with E-state index in [1.807, 2.05) is 0 Å². The van der Waals surface area contributed by atoms with Gasteiger partial charge in [0, 0.05) is 37.0 Å².